The minimum Gasteiger partial charge on any atom is -0.394 e. The third-order valence-corrected chi connectivity index (χ3v) is 3.57. The standard InChI is InChI=1S/C11H20N3O6P/c1-8(2)20-21(17,18)7-19-9(6-15)5-14-4-3-10(12)13-11(14)16/h3-4,8-9,15H,5-7H2,1-2H3,(H,17,18)(H2,12,13,16)/t9-/m0/s1. The minimum absolute atomic E-state index is 0.0235. The first kappa shape index (κ1) is 17.8. The summed E-state index contributed by atoms with van der Waals surface area (Å²) in [5.41, 5.74) is 4.77. The van der Waals surface area contributed by atoms with Crippen LogP contribution in [-0.2, 0) is 20.4 Å². The summed E-state index contributed by atoms with van der Waals surface area (Å²) < 4.78 is 22.8. The zero-order chi connectivity index (χ0) is 16.0. The normalized spacial score (nSPS) is 15.9. The van der Waals surface area contributed by atoms with E-state index in [9.17, 15) is 19.4 Å². The van der Waals surface area contributed by atoms with Gasteiger partial charge < -0.3 is 25.0 Å². The van der Waals surface area contributed by atoms with Gasteiger partial charge in [0, 0.05) is 6.20 Å². The second kappa shape index (κ2) is 7.67. The number of nitrogens with zero attached hydrogens (tertiary/aromatic N) is 2. The van der Waals surface area contributed by atoms with Crippen LogP contribution in [0.15, 0.2) is 17.1 Å². The van der Waals surface area contributed by atoms with Gasteiger partial charge in [0.2, 0.25) is 0 Å². The van der Waals surface area contributed by atoms with Gasteiger partial charge in [0.1, 0.15) is 12.2 Å². The average Bonchev–Trinajstić information content (AvgIpc) is 2.35. The van der Waals surface area contributed by atoms with Gasteiger partial charge in [-0.2, -0.15) is 4.98 Å². The molecule has 0 aliphatic heterocycles. The molecular weight excluding hydrogens is 301 g/mol. The van der Waals surface area contributed by atoms with E-state index >= 15 is 0 Å². The maximum atomic E-state index is 11.6. The molecule has 9 nitrogen and oxygen atoms in total. The van der Waals surface area contributed by atoms with Gasteiger partial charge in [-0.25, -0.2) is 4.79 Å². The molecule has 0 fully saturated rings. The van der Waals surface area contributed by atoms with E-state index in [0.717, 1.165) is 0 Å². The first-order valence-corrected chi connectivity index (χ1v) is 8.05. The first-order valence-electron chi connectivity index (χ1n) is 6.29. The summed E-state index contributed by atoms with van der Waals surface area (Å²) >= 11 is 0. The SMILES string of the molecule is CC(C)OP(=O)(O)CO[C@H](CO)Cn1ccc(N)nc1=O. The van der Waals surface area contributed by atoms with Crippen LogP contribution in [-0.4, -0.2) is 44.7 Å². The smallest absolute Gasteiger partial charge is 0.353 e. The molecule has 0 amide bonds. The highest BCUT2D eigenvalue weighted by molar-refractivity contribution is 7.52. The predicted molar refractivity (Wildman–Crippen MR) is 75.8 cm³/mol. The summed E-state index contributed by atoms with van der Waals surface area (Å²) in [6, 6.07) is 1.43. The number of ether oxygens (including phenoxy) is 1. The van der Waals surface area contributed by atoms with Gasteiger partial charge in [-0.05, 0) is 19.9 Å². The lowest BCUT2D eigenvalue weighted by molar-refractivity contribution is 0.0152. The molecule has 10 heteroatoms. The van der Waals surface area contributed by atoms with Gasteiger partial charge in [-0.15, -0.1) is 0 Å². The van der Waals surface area contributed by atoms with E-state index in [0.29, 0.717) is 0 Å². The van der Waals surface area contributed by atoms with Crippen LogP contribution in [0.4, 0.5) is 5.82 Å². The number of anilines is 1. The van der Waals surface area contributed by atoms with Crippen molar-refractivity contribution in [1.82, 2.24) is 9.55 Å². The summed E-state index contributed by atoms with van der Waals surface area (Å²) in [6.45, 7) is 2.78. The fourth-order valence-electron chi connectivity index (χ4n) is 1.52. The number of aromatic nitrogens is 2. The van der Waals surface area contributed by atoms with Crippen molar-refractivity contribution >= 4 is 13.4 Å². The molecule has 4 N–H and O–H groups in total. The van der Waals surface area contributed by atoms with E-state index in [1.807, 2.05) is 0 Å². The summed E-state index contributed by atoms with van der Waals surface area (Å²) in [6.07, 6.45) is -0.446. The van der Waals surface area contributed by atoms with Gasteiger partial charge in [-0.3, -0.25) is 9.13 Å². The Morgan fingerprint density at radius 2 is 2.19 bits per heavy atom. The van der Waals surface area contributed by atoms with Gasteiger partial charge in [0.05, 0.1) is 25.4 Å². The van der Waals surface area contributed by atoms with Crippen LogP contribution in [0.3, 0.4) is 0 Å². The van der Waals surface area contributed by atoms with Crippen molar-refractivity contribution < 1.29 is 23.8 Å². The molecule has 21 heavy (non-hydrogen) atoms. The van der Waals surface area contributed by atoms with E-state index in [4.69, 9.17) is 15.0 Å². The molecule has 0 saturated carbocycles. The highest BCUT2D eigenvalue weighted by Gasteiger charge is 2.24. The number of rotatable bonds is 8. The molecule has 0 aliphatic rings. The molecular formula is C11H20N3O6P. The van der Waals surface area contributed by atoms with E-state index in [2.05, 4.69) is 4.98 Å². The second-order valence-electron chi connectivity index (χ2n) is 4.68. The maximum absolute atomic E-state index is 11.6. The highest BCUT2D eigenvalue weighted by Crippen LogP contribution is 2.43. The molecule has 0 bridgehead atoms. The topological polar surface area (TPSA) is 137 Å². The van der Waals surface area contributed by atoms with E-state index in [1.54, 1.807) is 13.8 Å². The Bertz CT molecular complexity index is 561. The molecule has 0 aliphatic carbocycles. The van der Waals surface area contributed by atoms with Crippen molar-refractivity contribution in [2.75, 3.05) is 18.7 Å². The summed E-state index contributed by atoms with van der Waals surface area (Å²) in [4.78, 5) is 24.6. The molecule has 1 aromatic heterocycles. The van der Waals surface area contributed by atoms with Crippen molar-refractivity contribution in [3.05, 3.63) is 22.7 Å². The van der Waals surface area contributed by atoms with Crippen LogP contribution in [0, 0.1) is 0 Å². The van der Waals surface area contributed by atoms with Crippen molar-refractivity contribution in [2.45, 2.75) is 32.6 Å². The zero-order valence-electron chi connectivity index (χ0n) is 11.9. The number of aliphatic hydroxyl groups excluding tert-OH is 1. The molecule has 1 aromatic rings. The van der Waals surface area contributed by atoms with E-state index in [1.165, 1.54) is 16.8 Å². The Kier molecular flexibility index (Phi) is 6.50. The van der Waals surface area contributed by atoms with Crippen LogP contribution in [0.2, 0.25) is 0 Å². The van der Waals surface area contributed by atoms with Gasteiger partial charge >= 0.3 is 13.3 Å². The van der Waals surface area contributed by atoms with Crippen molar-refractivity contribution in [3.8, 4) is 0 Å². The highest BCUT2D eigenvalue weighted by atomic mass is 31.2. The monoisotopic (exact) mass is 321 g/mol. The Balaban J connectivity index is 2.64. The molecule has 1 rings (SSSR count). The Morgan fingerprint density at radius 3 is 2.71 bits per heavy atom. The minimum atomic E-state index is -3.90. The number of nitrogen functional groups attached to an aromatic ring is 1. The fourth-order valence-corrected chi connectivity index (χ4v) is 2.64. The van der Waals surface area contributed by atoms with Gasteiger partial charge in [-0.1, -0.05) is 0 Å². The van der Waals surface area contributed by atoms with E-state index < -0.39 is 38.4 Å². The van der Waals surface area contributed by atoms with Crippen LogP contribution in [0.5, 0.6) is 0 Å². The van der Waals surface area contributed by atoms with Crippen LogP contribution in [0.1, 0.15) is 13.8 Å². The maximum Gasteiger partial charge on any atom is 0.353 e. The number of hydrogen-bond donors (Lipinski definition) is 3. The van der Waals surface area contributed by atoms with Crippen molar-refractivity contribution in [3.63, 3.8) is 0 Å². The summed E-state index contributed by atoms with van der Waals surface area (Å²) in [7, 11) is -3.90. The predicted octanol–water partition coefficient (Wildman–Crippen LogP) is -0.229. The van der Waals surface area contributed by atoms with Gasteiger partial charge in [0.15, 0.2) is 0 Å². The fraction of sp³-hybridized carbons (Fsp3) is 0.636. The lowest BCUT2D eigenvalue weighted by Gasteiger charge is -2.20. The lowest BCUT2D eigenvalue weighted by Crippen LogP contribution is -2.32. The molecule has 0 saturated heterocycles. The van der Waals surface area contributed by atoms with Crippen molar-refractivity contribution in [2.24, 2.45) is 0 Å². The Labute approximate surface area is 121 Å². The van der Waals surface area contributed by atoms with Crippen LogP contribution < -0.4 is 11.4 Å². The van der Waals surface area contributed by atoms with E-state index in [-0.39, 0.29) is 12.4 Å². The quantitative estimate of drug-likeness (QED) is 0.558. The summed E-state index contributed by atoms with van der Waals surface area (Å²) in [5, 5.41) is 9.21. The average molecular weight is 321 g/mol. The lowest BCUT2D eigenvalue weighted by atomic mass is 10.3. The molecule has 0 aromatic carbocycles. The Morgan fingerprint density at radius 1 is 1.52 bits per heavy atom. The number of hydrogen-bond acceptors (Lipinski definition) is 7. The summed E-state index contributed by atoms with van der Waals surface area (Å²) in [5.74, 6) is 0.0860. The Hall–Kier alpha value is -1.25. The number of aliphatic hydroxyl groups is 1. The largest absolute Gasteiger partial charge is 0.394 e. The molecule has 2 atom stereocenters. The van der Waals surface area contributed by atoms with Crippen LogP contribution >= 0.6 is 7.60 Å². The van der Waals surface area contributed by atoms with Crippen LogP contribution in [0.25, 0.3) is 0 Å². The molecule has 0 spiro atoms. The third-order valence-electron chi connectivity index (χ3n) is 2.35. The molecule has 120 valence electrons. The third kappa shape index (κ3) is 6.36. The second-order valence-corrected chi connectivity index (χ2v) is 6.42. The molecule has 1 unspecified atom stereocenters. The zero-order valence-corrected chi connectivity index (χ0v) is 12.8. The van der Waals surface area contributed by atoms with Gasteiger partial charge in [0.25, 0.3) is 0 Å². The molecule has 0 radical (unpaired) electrons. The number of nitrogens with two attached hydrogens (primary N) is 1. The molecule has 1 heterocycles. The first-order chi connectivity index (χ1) is 9.73. The van der Waals surface area contributed by atoms with Crippen molar-refractivity contribution in [1.29, 1.82) is 0 Å².